The molecule has 1 aliphatic carbocycles. The molecule has 2 atom stereocenters. The quantitative estimate of drug-likeness (QED) is 0.742. The van der Waals surface area contributed by atoms with Crippen molar-refractivity contribution in [2.75, 3.05) is 0 Å². The Morgan fingerprint density at radius 2 is 1.84 bits per heavy atom. The number of aliphatic carboxylic acids is 1. The van der Waals surface area contributed by atoms with Gasteiger partial charge < -0.3 is 15.5 Å². The summed E-state index contributed by atoms with van der Waals surface area (Å²) in [6.07, 6.45) is 1.04. The monoisotopic (exact) mass is 263 g/mol. The number of aliphatic hydroxyl groups is 1. The van der Waals surface area contributed by atoms with Gasteiger partial charge in [0, 0.05) is 5.92 Å². The summed E-state index contributed by atoms with van der Waals surface area (Å²) in [5, 5.41) is 21.3. The van der Waals surface area contributed by atoms with Crippen molar-refractivity contribution in [3.63, 3.8) is 0 Å². The molecule has 0 saturated heterocycles. The van der Waals surface area contributed by atoms with Crippen LogP contribution in [0.5, 0.6) is 0 Å². The Bertz CT molecular complexity index is 456. The van der Waals surface area contributed by atoms with Crippen LogP contribution in [0.25, 0.3) is 0 Å². The number of carboxylic acids is 1. The summed E-state index contributed by atoms with van der Waals surface area (Å²) >= 11 is 0. The Labute approximate surface area is 111 Å². The zero-order valence-electron chi connectivity index (χ0n) is 10.5. The lowest BCUT2D eigenvalue weighted by atomic mass is 9.84. The van der Waals surface area contributed by atoms with Gasteiger partial charge in [-0.15, -0.1) is 0 Å². The highest BCUT2D eigenvalue weighted by molar-refractivity contribution is 5.81. The number of carbonyl (C=O) groups is 2. The molecule has 0 heterocycles. The van der Waals surface area contributed by atoms with E-state index in [0.29, 0.717) is 5.56 Å². The van der Waals surface area contributed by atoms with Crippen LogP contribution in [0.15, 0.2) is 30.3 Å². The summed E-state index contributed by atoms with van der Waals surface area (Å²) in [5.74, 6) is -1.57. The van der Waals surface area contributed by atoms with E-state index in [1.807, 2.05) is 0 Å². The van der Waals surface area contributed by atoms with Crippen LogP contribution in [-0.4, -0.2) is 28.2 Å². The number of nitrogens with one attached hydrogen (secondary N) is 1. The van der Waals surface area contributed by atoms with Crippen molar-refractivity contribution < 1.29 is 19.8 Å². The molecule has 5 nitrogen and oxygen atoms in total. The van der Waals surface area contributed by atoms with Crippen LogP contribution >= 0.6 is 0 Å². The third-order valence-corrected chi connectivity index (χ3v) is 3.50. The molecule has 1 saturated carbocycles. The maximum Gasteiger partial charge on any atom is 0.335 e. The van der Waals surface area contributed by atoms with Gasteiger partial charge in [-0.3, -0.25) is 4.79 Å². The zero-order chi connectivity index (χ0) is 13.8. The van der Waals surface area contributed by atoms with Gasteiger partial charge in [-0.1, -0.05) is 36.8 Å². The van der Waals surface area contributed by atoms with E-state index in [9.17, 15) is 14.7 Å². The second-order valence-corrected chi connectivity index (χ2v) is 4.81. The van der Waals surface area contributed by atoms with Crippen LogP contribution in [0.2, 0.25) is 0 Å². The van der Waals surface area contributed by atoms with Gasteiger partial charge in [0.1, 0.15) is 0 Å². The number of hydrogen-bond donors (Lipinski definition) is 3. The van der Waals surface area contributed by atoms with Crippen molar-refractivity contribution in [3.8, 4) is 0 Å². The first kappa shape index (κ1) is 13.5. The maximum absolute atomic E-state index is 11.9. The Hall–Kier alpha value is -1.88. The standard InChI is InChI=1S/C14H17NO4/c16-12(14(18)19)11(9-5-2-1-3-6-9)15-13(17)10-7-4-8-10/h1-3,5-6,10-12,16H,4,7-8H2,(H,15,17)(H,18,19)/t11-,12-/m1/s1. The minimum atomic E-state index is -1.65. The molecule has 0 radical (unpaired) electrons. The molecular weight excluding hydrogens is 246 g/mol. The number of carboxylic acid groups (broad SMARTS) is 1. The molecule has 19 heavy (non-hydrogen) atoms. The fraction of sp³-hybridized carbons (Fsp3) is 0.429. The number of rotatable bonds is 5. The molecular formula is C14H17NO4. The summed E-state index contributed by atoms with van der Waals surface area (Å²) in [5.41, 5.74) is 0.588. The van der Waals surface area contributed by atoms with E-state index in [0.717, 1.165) is 19.3 Å². The third-order valence-electron chi connectivity index (χ3n) is 3.50. The second-order valence-electron chi connectivity index (χ2n) is 4.81. The molecule has 0 aliphatic heterocycles. The smallest absolute Gasteiger partial charge is 0.335 e. The molecule has 0 unspecified atom stereocenters. The van der Waals surface area contributed by atoms with Crippen molar-refractivity contribution in [1.29, 1.82) is 0 Å². The molecule has 5 heteroatoms. The molecule has 2 rings (SSSR count). The summed E-state index contributed by atoms with van der Waals surface area (Å²) in [4.78, 5) is 22.9. The summed E-state index contributed by atoms with van der Waals surface area (Å²) < 4.78 is 0. The number of hydrogen-bond acceptors (Lipinski definition) is 3. The predicted octanol–water partition coefficient (Wildman–Crippen LogP) is 1.09. The Balaban J connectivity index is 2.14. The van der Waals surface area contributed by atoms with Crippen LogP contribution in [0.1, 0.15) is 30.9 Å². The molecule has 1 amide bonds. The van der Waals surface area contributed by atoms with Gasteiger partial charge in [0.05, 0.1) is 6.04 Å². The van der Waals surface area contributed by atoms with Gasteiger partial charge >= 0.3 is 5.97 Å². The number of aliphatic hydroxyl groups excluding tert-OH is 1. The van der Waals surface area contributed by atoms with E-state index in [2.05, 4.69) is 5.32 Å². The van der Waals surface area contributed by atoms with Crippen molar-refractivity contribution in [1.82, 2.24) is 5.32 Å². The maximum atomic E-state index is 11.9. The van der Waals surface area contributed by atoms with E-state index in [1.165, 1.54) is 0 Å². The Morgan fingerprint density at radius 1 is 1.21 bits per heavy atom. The van der Waals surface area contributed by atoms with Crippen LogP contribution in [-0.2, 0) is 9.59 Å². The fourth-order valence-corrected chi connectivity index (χ4v) is 2.09. The molecule has 1 fully saturated rings. The average molecular weight is 263 g/mol. The van der Waals surface area contributed by atoms with Crippen LogP contribution in [0, 0.1) is 5.92 Å². The second kappa shape index (κ2) is 5.84. The first-order valence-electron chi connectivity index (χ1n) is 6.36. The average Bonchev–Trinajstić information content (AvgIpc) is 2.34. The van der Waals surface area contributed by atoms with Crippen molar-refractivity contribution in [3.05, 3.63) is 35.9 Å². The van der Waals surface area contributed by atoms with Gasteiger partial charge in [0.2, 0.25) is 5.91 Å². The molecule has 1 aromatic rings. The zero-order valence-corrected chi connectivity index (χ0v) is 10.5. The van der Waals surface area contributed by atoms with E-state index in [-0.39, 0.29) is 11.8 Å². The summed E-state index contributed by atoms with van der Waals surface area (Å²) in [6.45, 7) is 0. The largest absolute Gasteiger partial charge is 0.479 e. The fourth-order valence-electron chi connectivity index (χ4n) is 2.09. The highest BCUT2D eigenvalue weighted by Crippen LogP contribution is 2.28. The molecule has 0 spiro atoms. The van der Waals surface area contributed by atoms with Gasteiger partial charge in [-0.2, -0.15) is 0 Å². The molecule has 1 aliphatic rings. The molecule has 3 N–H and O–H groups in total. The van der Waals surface area contributed by atoms with Crippen LogP contribution < -0.4 is 5.32 Å². The van der Waals surface area contributed by atoms with Gasteiger partial charge in [-0.25, -0.2) is 4.79 Å². The van der Waals surface area contributed by atoms with E-state index in [4.69, 9.17) is 5.11 Å². The van der Waals surface area contributed by atoms with E-state index in [1.54, 1.807) is 30.3 Å². The number of benzene rings is 1. The van der Waals surface area contributed by atoms with Crippen molar-refractivity contribution in [2.45, 2.75) is 31.4 Å². The van der Waals surface area contributed by atoms with Crippen molar-refractivity contribution in [2.24, 2.45) is 5.92 Å². The summed E-state index contributed by atoms with van der Waals surface area (Å²) in [7, 11) is 0. The third kappa shape index (κ3) is 3.12. The molecule has 0 bridgehead atoms. The minimum absolute atomic E-state index is 0.0489. The van der Waals surface area contributed by atoms with Crippen LogP contribution in [0.4, 0.5) is 0 Å². The first-order valence-corrected chi connectivity index (χ1v) is 6.36. The lowest BCUT2D eigenvalue weighted by molar-refractivity contribution is -0.149. The van der Waals surface area contributed by atoms with E-state index >= 15 is 0 Å². The van der Waals surface area contributed by atoms with Gasteiger partial charge in [0.15, 0.2) is 6.10 Å². The van der Waals surface area contributed by atoms with Crippen LogP contribution in [0.3, 0.4) is 0 Å². The SMILES string of the molecule is O=C(N[C@H](c1ccccc1)[C@@H](O)C(=O)O)C1CCC1. The predicted molar refractivity (Wildman–Crippen MR) is 68.3 cm³/mol. The number of amides is 1. The Kier molecular flexibility index (Phi) is 4.16. The normalized spacial score (nSPS) is 18.2. The first-order chi connectivity index (χ1) is 9.09. The number of carbonyl (C=O) groups excluding carboxylic acids is 1. The Morgan fingerprint density at radius 3 is 2.32 bits per heavy atom. The van der Waals surface area contributed by atoms with Crippen molar-refractivity contribution >= 4 is 11.9 Å². The summed E-state index contributed by atoms with van der Waals surface area (Å²) in [6, 6.07) is 7.75. The lowest BCUT2D eigenvalue weighted by Crippen LogP contribution is -2.43. The highest BCUT2D eigenvalue weighted by atomic mass is 16.4. The molecule has 1 aromatic carbocycles. The van der Waals surface area contributed by atoms with Gasteiger partial charge in [0.25, 0.3) is 0 Å². The minimum Gasteiger partial charge on any atom is -0.479 e. The highest BCUT2D eigenvalue weighted by Gasteiger charge is 2.32. The lowest BCUT2D eigenvalue weighted by Gasteiger charge is -2.28. The van der Waals surface area contributed by atoms with Gasteiger partial charge in [-0.05, 0) is 18.4 Å². The van der Waals surface area contributed by atoms with E-state index < -0.39 is 18.1 Å². The molecule has 0 aromatic heterocycles. The topological polar surface area (TPSA) is 86.6 Å². The molecule has 102 valence electrons.